The Balaban J connectivity index is 1.95. The van der Waals surface area contributed by atoms with E-state index in [2.05, 4.69) is 5.32 Å². The first-order valence-corrected chi connectivity index (χ1v) is 13.1. The highest BCUT2D eigenvalue weighted by atomic mass is 32.2. The van der Waals surface area contributed by atoms with Crippen molar-refractivity contribution in [1.29, 1.82) is 0 Å². The van der Waals surface area contributed by atoms with E-state index in [4.69, 9.17) is 9.15 Å². The van der Waals surface area contributed by atoms with Crippen LogP contribution in [-0.4, -0.2) is 48.1 Å². The van der Waals surface area contributed by atoms with E-state index in [9.17, 15) is 13.4 Å². The summed E-state index contributed by atoms with van der Waals surface area (Å²) in [6.07, 6.45) is 3.30. The van der Waals surface area contributed by atoms with E-state index in [-0.39, 0.29) is 23.9 Å². The van der Waals surface area contributed by atoms with E-state index in [0.717, 1.165) is 17.0 Å². The number of nitrogens with zero attached hydrogens (tertiary/aromatic N) is 1. The van der Waals surface area contributed by atoms with E-state index in [0.29, 0.717) is 34.4 Å². The fraction of sp³-hybridized carbons (Fsp3) is 0.348. The van der Waals surface area contributed by atoms with Crippen molar-refractivity contribution < 1.29 is 22.5 Å². The van der Waals surface area contributed by atoms with Crippen molar-refractivity contribution in [3.05, 3.63) is 53.3 Å². The zero-order chi connectivity index (χ0) is 23.0. The highest BCUT2D eigenvalue weighted by Gasteiger charge is 2.31. The van der Waals surface area contributed by atoms with Gasteiger partial charge in [0.05, 0.1) is 30.0 Å². The van der Waals surface area contributed by atoms with Crippen molar-refractivity contribution in [2.45, 2.75) is 19.1 Å². The van der Waals surface area contributed by atoms with Crippen LogP contribution in [0.5, 0.6) is 0 Å². The number of thioether (sulfide) groups is 1. The number of anilines is 1. The van der Waals surface area contributed by atoms with Crippen molar-refractivity contribution >= 4 is 45.3 Å². The summed E-state index contributed by atoms with van der Waals surface area (Å²) in [5.74, 6) is 0.462. The van der Waals surface area contributed by atoms with E-state index >= 15 is 0 Å². The Morgan fingerprint density at radius 3 is 2.66 bits per heavy atom. The molecular weight excluding hydrogens is 451 g/mol. The van der Waals surface area contributed by atoms with E-state index in [1.807, 2.05) is 29.6 Å². The Morgan fingerprint density at radius 2 is 2.03 bits per heavy atom. The number of rotatable bonds is 5. The molecule has 1 N–H and O–H groups in total. The topological polar surface area (TPSA) is 71.8 Å². The molecule has 6 nitrogen and oxygen atoms in total. The summed E-state index contributed by atoms with van der Waals surface area (Å²) in [5, 5.41) is 3.30. The lowest BCUT2D eigenvalue weighted by Gasteiger charge is -2.23. The molecule has 0 spiro atoms. The molecule has 1 amide bonds. The molecule has 0 saturated carbocycles. The summed E-state index contributed by atoms with van der Waals surface area (Å²) in [4.78, 5) is 12.8. The Kier molecular flexibility index (Phi) is 6.60. The zero-order valence-corrected chi connectivity index (χ0v) is 19.9. The first-order valence-electron chi connectivity index (χ1n) is 10.2. The minimum Gasteiger partial charge on any atom is -0.455 e. The standard InChI is InChI=1S/C23H25FN2O4S2/c1-13-17-9-18-20(10-19(17)26(32(4)28)11-16(29-13)12-31-3)30-22(21(18)23(27)25-2)14-5-7-15(24)8-6-14/h5-10,13,16H,11-12H2,1-4H3,(H,25,27). The van der Waals surface area contributed by atoms with E-state index in [1.165, 1.54) is 12.1 Å². The third-order valence-electron chi connectivity index (χ3n) is 5.53. The summed E-state index contributed by atoms with van der Waals surface area (Å²) >= 11 is 1.68. The van der Waals surface area contributed by atoms with Crippen LogP contribution >= 0.6 is 11.8 Å². The van der Waals surface area contributed by atoms with Gasteiger partial charge in [-0.3, -0.25) is 9.10 Å². The van der Waals surface area contributed by atoms with Crippen LogP contribution in [0.3, 0.4) is 0 Å². The molecule has 1 aliphatic heterocycles. The van der Waals surface area contributed by atoms with Crippen molar-refractivity contribution in [2.24, 2.45) is 0 Å². The second kappa shape index (κ2) is 9.25. The highest BCUT2D eigenvalue weighted by molar-refractivity contribution is 7.98. The maximum atomic E-state index is 13.5. The number of carbonyl (C=O) groups excluding carboxylic acids is 1. The fourth-order valence-electron chi connectivity index (χ4n) is 4.06. The second-order valence-electron chi connectivity index (χ2n) is 7.64. The highest BCUT2D eigenvalue weighted by Crippen LogP contribution is 2.41. The monoisotopic (exact) mass is 476 g/mol. The lowest BCUT2D eigenvalue weighted by atomic mass is 10.0. The molecule has 0 saturated heterocycles. The van der Waals surface area contributed by atoms with Gasteiger partial charge in [0.1, 0.15) is 28.1 Å². The maximum absolute atomic E-state index is 13.5. The quantitative estimate of drug-likeness (QED) is 0.586. The van der Waals surface area contributed by atoms with Crippen LogP contribution in [0, 0.1) is 5.82 Å². The van der Waals surface area contributed by atoms with Crippen LogP contribution in [-0.2, 0) is 15.7 Å². The first kappa shape index (κ1) is 22.8. The third kappa shape index (κ3) is 4.16. The average Bonchev–Trinajstić information content (AvgIpc) is 3.08. The molecule has 32 heavy (non-hydrogen) atoms. The molecule has 1 aliphatic rings. The largest absolute Gasteiger partial charge is 0.455 e. The van der Waals surface area contributed by atoms with Crippen LogP contribution in [0.1, 0.15) is 28.9 Å². The van der Waals surface area contributed by atoms with Crippen molar-refractivity contribution in [3.63, 3.8) is 0 Å². The molecule has 3 aromatic rings. The Morgan fingerprint density at radius 1 is 1.31 bits per heavy atom. The second-order valence-corrected chi connectivity index (χ2v) is 9.84. The van der Waals surface area contributed by atoms with Crippen LogP contribution < -0.4 is 9.62 Å². The summed E-state index contributed by atoms with van der Waals surface area (Å²) in [6, 6.07) is 9.53. The van der Waals surface area contributed by atoms with Crippen LogP contribution in [0.15, 0.2) is 40.8 Å². The molecular formula is C23H25FN2O4S2. The number of furan rings is 1. The molecule has 0 radical (unpaired) electrons. The van der Waals surface area contributed by atoms with Gasteiger partial charge in [-0.25, -0.2) is 8.60 Å². The predicted molar refractivity (Wildman–Crippen MR) is 128 cm³/mol. The van der Waals surface area contributed by atoms with Gasteiger partial charge in [0.15, 0.2) is 0 Å². The third-order valence-corrected chi connectivity index (χ3v) is 7.21. The number of ether oxygens (including phenoxy) is 1. The lowest BCUT2D eigenvalue weighted by Crippen LogP contribution is -2.34. The molecule has 2 heterocycles. The molecule has 1 aromatic heterocycles. The number of benzene rings is 2. The number of carbonyl (C=O) groups is 1. The molecule has 0 bridgehead atoms. The SMILES string of the molecule is CNC(=O)c1c(-c2ccc(F)cc2)oc2cc3c(cc12)C(C)OC(CSC)CN3S(C)=O. The molecule has 0 aliphatic carbocycles. The first-order chi connectivity index (χ1) is 15.3. The number of nitrogens with one attached hydrogen (secondary N) is 1. The van der Waals surface area contributed by atoms with Crippen LogP contribution in [0.4, 0.5) is 10.1 Å². The summed E-state index contributed by atoms with van der Waals surface area (Å²) < 4.78 is 40.3. The zero-order valence-electron chi connectivity index (χ0n) is 18.3. The Hall–Kier alpha value is -2.36. The van der Waals surface area contributed by atoms with Gasteiger partial charge in [-0.2, -0.15) is 11.8 Å². The van der Waals surface area contributed by atoms with Gasteiger partial charge in [-0.1, -0.05) is 0 Å². The minimum atomic E-state index is -1.27. The summed E-state index contributed by atoms with van der Waals surface area (Å²) in [7, 11) is 0.283. The van der Waals surface area contributed by atoms with Crippen molar-refractivity contribution in [3.8, 4) is 11.3 Å². The smallest absolute Gasteiger partial charge is 0.255 e. The van der Waals surface area contributed by atoms with Crippen LogP contribution in [0.25, 0.3) is 22.3 Å². The average molecular weight is 477 g/mol. The molecule has 0 fully saturated rings. The molecule has 3 unspecified atom stereocenters. The number of fused-ring (bicyclic) bond motifs is 2. The molecule has 4 rings (SSSR count). The molecule has 170 valence electrons. The lowest BCUT2D eigenvalue weighted by molar-refractivity contribution is 0.0203. The summed E-state index contributed by atoms with van der Waals surface area (Å²) in [5.41, 5.74) is 3.06. The van der Waals surface area contributed by atoms with Gasteiger partial charge in [0, 0.05) is 41.6 Å². The number of halogens is 1. The van der Waals surface area contributed by atoms with E-state index in [1.54, 1.807) is 37.2 Å². The van der Waals surface area contributed by atoms with Gasteiger partial charge in [-0.05, 0) is 43.5 Å². The van der Waals surface area contributed by atoms with Crippen molar-refractivity contribution in [1.82, 2.24) is 5.32 Å². The van der Waals surface area contributed by atoms with Gasteiger partial charge >= 0.3 is 0 Å². The molecule has 9 heteroatoms. The fourth-order valence-corrected chi connectivity index (χ4v) is 5.42. The normalized spacial score (nSPS) is 19.5. The Labute approximate surface area is 193 Å². The molecule has 3 atom stereocenters. The minimum absolute atomic E-state index is 0.0872. The van der Waals surface area contributed by atoms with Gasteiger partial charge < -0.3 is 14.5 Å². The van der Waals surface area contributed by atoms with Gasteiger partial charge in [0.25, 0.3) is 5.91 Å². The molecule has 2 aromatic carbocycles. The van der Waals surface area contributed by atoms with Crippen molar-refractivity contribution in [2.75, 3.05) is 36.2 Å². The van der Waals surface area contributed by atoms with Gasteiger partial charge in [0.2, 0.25) is 0 Å². The van der Waals surface area contributed by atoms with Crippen LogP contribution in [0.2, 0.25) is 0 Å². The maximum Gasteiger partial charge on any atom is 0.255 e. The number of hydrogen-bond acceptors (Lipinski definition) is 5. The number of amides is 1. The van der Waals surface area contributed by atoms with Gasteiger partial charge in [-0.15, -0.1) is 0 Å². The number of hydrogen-bond donors (Lipinski definition) is 1. The summed E-state index contributed by atoms with van der Waals surface area (Å²) in [6.45, 7) is 2.45. The van der Waals surface area contributed by atoms with E-state index < -0.39 is 11.0 Å². The Bertz CT molecular complexity index is 1180. The predicted octanol–water partition coefficient (Wildman–Crippen LogP) is 4.52.